The molecule has 0 saturated heterocycles. The molecule has 0 aliphatic carbocycles. The Kier molecular flexibility index (Phi) is 4.12. The number of rotatable bonds is 1. The number of hydrogen-bond acceptors (Lipinski definition) is 3. The number of phenolic OH excluding ortho intramolecular Hbond substituents is 1. The van der Waals surface area contributed by atoms with Crippen LogP contribution in [0.25, 0.3) is 10.8 Å². The normalized spacial score (nSPS) is 8.87. The maximum absolute atomic E-state index is 9.37. The van der Waals surface area contributed by atoms with Crippen molar-refractivity contribution in [2.24, 2.45) is 0 Å². The van der Waals surface area contributed by atoms with Crippen LogP contribution >= 0.6 is 0 Å². The van der Waals surface area contributed by atoms with Crippen molar-refractivity contribution in [3.63, 3.8) is 0 Å². The first-order valence-corrected chi connectivity index (χ1v) is 4.29. The Morgan fingerprint density at radius 1 is 1.07 bits per heavy atom. The van der Waals surface area contributed by atoms with Gasteiger partial charge >= 0.3 is 0 Å². The number of fused-ring (bicyclic) bond motifs is 1. The molecule has 0 unspecified atom stereocenters. The van der Waals surface area contributed by atoms with E-state index < -0.39 is 0 Å². The number of benzene rings is 2. The Balaban J connectivity index is 0.000000245. The van der Waals surface area contributed by atoms with Crippen molar-refractivity contribution in [1.82, 2.24) is 5.48 Å². The molecule has 3 N–H and O–H groups in total. The van der Waals surface area contributed by atoms with Crippen LogP contribution in [0.15, 0.2) is 42.5 Å². The molecule has 0 aliphatic heterocycles. The summed E-state index contributed by atoms with van der Waals surface area (Å²) in [6.45, 7) is 0. The summed E-state index contributed by atoms with van der Waals surface area (Å²) in [6.07, 6.45) is 0.181. The highest BCUT2D eigenvalue weighted by molar-refractivity contribution is 5.87. The number of aromatic hydroxyl groups is 1. The van der Waals surface area contributed by atoms with Crippen LogP contribution in [0.4, 0.5) is 0 Å². The van der Waals surface area contributed by atoms with Crippen molar-refractivity contribution in [3.8, 4) is 5.75 Å². The average molecular weight is 205 g/mol. The Hall–Kier alpha value is -2.07. The molecule has 0 atom stereocenters. The van der Waals surface area contributed by atoms with Crippen molar-refractivity contribution >= 4 is 17.2 Å². The molecule has 0 aliphatic rings. The highest BCUT2D eigenvalue weighted by Gasteiger charge is 1.94. The number of amides is 1. The number of hydrogen-bond donors (Lipinski definition) is 3. The van der Waals surface area contributed by atoms with Crippen LogP contribution in [0.3, 0.4) is 0 Å². The van der Waals surface area contributed by atoms with Crippen molar-refractivity contribution in [1.29, 1.82) is 0 Å². The monoisotopic (exact) mass is 205 g/mol. The third-order valence-electron chi connectivity index (χ3n) is 1.82. The maximum atomic E-state index is 9.37. The van der Waals surface area contributed by atoms with Gasteiger partial charge in [0.2, 0.25) is 6.41 Å². The minimum absolute atomic E-state index is 0.181. The SMILES string of the molecule is O=CNO.Oc1cccc2ccccc12. The molecular formula is C11H11NO3. The van der Waals surface area contributed by atoms with Gasteiger partial charge in [-0.2, -0.15) is 0 Å². The Morgan fingerprint density at radius 3 is 2.27 bits per heavy atom. The van der Waals surface area contributed by atoms with E-state index in [1.165, 1.54) is 5.48 Å². The Bertz CT molecular complexity index is 437. The van der Waals surface area contributed by atoms with Crippen LogP contribution in [-0.4, -0.2) is 16.7 Å². The number of phenols is 1. The third kappa shape index (κ3) is 2.96. The van der Waals surface area contributed by atoms with Crippen molar-refractivity contribution in [3.05, 3.63) is 42.5 Å². The minimum atomic E-state index is 0.181. The molecule has 0 fully saturated rings. The van der Waals surface area contributed by atoms with Gasteiger partial charge in [0.15, 0.2) is 0 Å². The van der Waals surface area contributed by atoms with Gasteiger partial charge in [-0.05, 0) is 11.5 Å². The second kappa shape index (κ2) is 5.62. The van der Waals surface area contributed by atoms with Crippen LogP contribution in [0.2, 0.25) is 0 Å². The molecule has 0 bridgehead atoms. The summed E-state index contributed by atoms with van der Waals surface area (Å²) in [5.41, 5.74) is 1.25. The summed E-state index contributed by atoms with van der Waals surface area (Å²) < 4.78 is 0. The topological polar surface area (TPSA) is 69.6 Å². The fraction of sp³-hybridized carbons (Fsp3) is 0. The summed E-state index contributed by atoms with van der Waals surface area (Å²) in [5.74, 6) is 0.350. The maximum Gasteiger partial charge on any atom is 0.230 e. The lowest BCUT2D eigenvalue weighted by molar-refractivity contribution is -0.116. The summed E-state index contributed by atoms with van der Waals surface area (Å²) in [7, 11) is 0. The largest absolute Gasteiger partial charge is 0.507 e. The molecular weight excluding hydrogens is 194 g/mol. The Morgan fingerprint density at radius 2 is 1.67 bits per heavy atom. The van der Waals surface area contributed by atoms with E-state index in [4.69, 9.17) is 10.0 Å². The average Bonchev–Trinajstić information content (AvgIpc) is 2.30. The van der Waals surface area contributed by atoms with Gasteiger partial charge in [0, 0.05) is 5.39 Å². The van der Waals surface area contributed by atoms with Crippen molar-refractivity contribution in [2.75, 3.05) is 0 Å². The van der Waals surface area contributed by atoms with E-state index in [-0.39, 0.29) is 6.41 Å². The lowest BCUT2D eigenvalue weighted by Gasteiger charge is -1.97. The van der Waals surface area contributed by atoms with E-state index in [9.17, 15) is 5.11 Å². The summed E-state index contributed by atoms with van der Waals surface area (Å²) in [6, 6.07) is 13.3. The van der Waals surface area contributed by atoms with Crippen LogP contribution in [0, 0.1) is 0 Å². The molecule has 15 heavy (non-hydrogen) atoms. The predicted molar refractivity (Wildman–Crippen MR) is 56.6 cm³/mol. The number of carbonyl (C=O) groups excluding carboxylic acids is 1. The second-order valence-electron chi connectivity index (χ2n) is 2.75. The molecule has 0 saturated carbocycles. The summed E-state index contributed by atoms with van der Waals surface area (Å²) in [5, 5.41) is 18.6. The van der Waals surface area contributed by atoms with Crippen LogP contribution in [0.5, 0.6) is 5.75 Å². The first-order valence-electron chi connectivity index (χ1n) is 4.29. The highest BCUT2D eigenvalue weighted by Crippen LogP contribution is 2.22. The quantitative estimate of drug-likeness (QED) is 0.377. The fourth-order valence-corrected chi connectivity index (χ4v) is 1.21. The molecule has 78 valence electrons. The lowest BCUT2D eigenvalue weighted by atomic mass is 10.1. The highest BCUT2D eigenvalue weighted by atomic mass is 16.5. The van der Waals surface area contributed by atoms with Gasteiger partial charge in [0.05, 0.1) is 0 Å². The molecule has 1 amide bonds. The van der Waals surface area contributed by atoms with E-state index >= 15 is 0 Å². The summed E-state index contributed by atoms with van der Waals surface area (Å²) in [4.78, 5) is 8.81. The molecule has 4 heteroatoms. The van der Waals surface area contributed by atoms with Gasteiger partial charge in [-0.15, -0.1) is 0 Å². The molecule has 2 aromatic rings. The minimum Gasteiger partial charge on any atom is -0.507 e. The molecule has 0 spiro atoms. The zero-order valence-electron chi connectivity index (χ0n) is 7.92. The molecule has 0 aromatic heterocycles. The second-order valence-corrected chi connectivity index (χ2v) is 2.75. The first-order chi connectivity index (χ1) is 7.29. The van der Waals surface area contributed by atoms with Gasteiger partial charge < -0.3 is 5.11 Å². The van der Waals surface area contributed by atoms with E-state index in [1.54, 1.807) is 6.07 Å². The van der Waals surface area contributed by atoms with Crippen molar-refractivity contribution in [2.45, 2.75) is 0 Å². The predicted octanol–water partition coefficient (Wildman–Crippen LogP) is 1.67. The summed E-state index contributed by atoms with van der Waals surface area (Å²) >= 11 is 0. The smallest absolute Gasteiger partial charge is 0.230 e. The zero-order chi connectivity index (χ0) is 11.1. The van der Waals surface area contributed by atoms with Crippen LogP contribution in [0.1, 0.15) is 0 Å². The third-order valence-corrected chi connectivity index (χ3v) is 1.82. The Labute approximate surface area is 86.7 Å². The van der Waals surface area contributed by atoms with Gasteiger partial charge in [-0.1, -0.05) is 36.4 Å². The number of hydroxylamine groups is 1. The molecule has 2 aromatic carbocycles. The zero-order valence-corrected chi connectivity index (χ0v) is 7.92. The van der Waals surface area contributed by atoms with Gasteiger partial charge in [0.25, 0.3) is 0 Å². The fourth-order valence-electron chi connectivity index (χ4n) is 1.21. The number of nitrogens with one attached hydrogen (secondary N) is 1. The van der Waals surface area contributed by atoms with E-state index in [0.717, 1.165) is 10.8 Å². The number of carbonyl (C=O) groups is 1. The molecule has 4 nitrogen and oxygen atoms in total. The standard InChI is InChI=1S/C10H8O.CH3NO2/c11-10-7-3-5-8-4-1-2-6-9(8)10;3-1-2-4/h1-7,11H;1,4H,(H,2,3). The first kappa shape index (κ1) is 11.0. The van der Waals surface area contributed by atoms with E-state index in [1.807, 2.05) is 36.4 Å². The molecule has 2 rings (SSSR count). The molecule has 0 heterocycles. The van der Waals surface area contributed by atoms with Gasteiger partial charge in [-0.25, -0.2) is 5.48 Å². The van der Waals surface area contributed by atoms with E-state index in [0.29, 0.717) is 5.75 Å². The van der Waals surface area contributed by atoms with Gasteiger partial charge in [0.1, 0.15) is 5.75 Å². The molecule has 0 radical (unpaired) electrons. The lowest BCUT2D eigenvalue weighted by Crippen LogP contribution is -1.99. The van der Waals surface area contributed by atoms with Crippen LogP contribution in [-0.2, 0) is 4.79 Å². The van der Waals surface area contributed by atoms with Crippen LogP contribution < -0.4 is 5.48 Å². The van der Waals surface area contributed by atoms with Crippen molar-refractivity contribution < 1.29 is 15.1 Å². The van der Waals surface area contributed by atoms with Gasteiger partial charge in [-0.3, -0.25) is 10.0 Å². The van der Waals surface area contributed by atoms with E-state index in [2.05, 4.69) is 0 Å².